The first kappa shape index (κ1) is 20.7. The predicted octanol–water partition coefficient (Wildman–Crippen LogP) is 5.65. The van der Waals surface area contributed by atoms with E-state index < -0.39 is 0 Å². The van der Waals surface area contributed by atoms with E-state index in [0.29, 0.717) is 17.4 Å². The molecule has 3 heteroatoms. The Hall–Kier alpha value is -1.42. The summed E-state index contributed by atoms with van der Waals surface area (Å²) in [4.78, 5) is 5.60. The molecular weight excluding hydrogens is 416 g/mol. The van der Waals surface area contributed by atoms with E-state index in [9.17, 15) is 0 Å². The molecule has 3 nitrogen and oxygen atoms in total. The van der Waals surface area contributed by atoms with Crippen molar-refractivity contribution in [3.8, 4) is 0 Å². The molecule has 4 fully saturated rings. The van der Waals surface area contributed by atoms with Crippen LogP contribution in [0.4, 0.5) is 0 Å². The lowest BCUT2D eigenvalue weighted by Crippen LogP contribution is -2.58. The van der Waals surface area contributed by atoms with Gasteiger partial charge in [0.15, 0.2) is 0 Å². The van der Waals surface area contributed by atoms with Crippen molar-refractivity contribution in [1.82, 2.24) is 9.80 Å². The number of ether oxygens (including phenoxy) is 1. The van der Waals surface area contributed by atoms with Crippen molar-refractivity contribution in [1.29, 1.82) is 0 Å². The Kier molecular flexibility index (Phi) is 4.32. The van der Waals surface area contributed by atoms with E-state index in [1.807, 2.05) is 0 Å². The van der Waals surface area contributed by atoms with Gasteiger partial charge in [-0.2, -0.15) is 0 Å². The molecular formula is C31H40N2O. The lowest BCUT2D eigenvalue weighted by atomic mass is 9.59. The average molecular weight is 457 g/mol. The summed E-state index contributed by atoms with van der Waals surface area (Å²) in [5, 5.41) is 0. The van der Waals surface area contributed by atoms with Crippen molar-refractivity contribution in [2.45, 2.75) is 101 Å². The number of benzene rings is 1. The third kappa shape index (κ3) is 2.64. The van der Waals surface area contributed by atoms with Crippen LogP contribution in [-0.2, 0) is 17.7 Å². The highest BCUT2D eigenvalue weighted by Crippen LogP contribution is 2.67. The molecule has 0 N–H and O–H groups in total. The first-order valence-electron chi connectivity index (χ1n) is 14.3. The Balaban J connectivity index is 1.11. The summed E-state index contributed by atoms with van der Waals surface area (Å²) in [5.41, 5.74) is 6.73. The zero-order valence-electron chi connectivity index (χ0n) is 20.9. The summed E-state index contributed by atoms with van der Waals surface area (Å²) < 4.78 is 7.52. The number of hydrogen-bond acceptors (Lipinski definition) is 3. The molecule has 2 bridgehead atoms. The quantitative estimate of drug-likeness (QED) is 0.572. The SMILES string of the molecule is C[C@]12CC=C3C=C4CC[C@H](N5CCC5)CC45CC[C@]3(O5)[C@@H]1CC[C@@H]2N1CCc2ccccc2C1. The van der Waals surface area contributed by atoms with Gasteiger partial charge in [-0.3, -0.25) is 4.90 Å². The van der Waals surface area contributed by atoms with Gasteiger partial charge in [0.25, 0.3) is 0 Å². The third-order valence-electron chi connectivity index (χ3n) is 11.6. The zero-order valence-corrected chi connectivity index (χ0v) is 20.9. The Morgan fingerprint density at radius 3 is 2.68 bits per heavy atom. The Morgan fingerprint density at radius 1 is 0.941 bits per heavy atom. The van der Waals surface area contributed by atoms with Crippen LogP contribution in [-0.4, -0.2) is 52.7 Å². The molecule has 3 aliphatic carbocycles. The summed E-state index contributed by atoms with van der Waals surface area (Å²) in [6.07, 6.45) is 18.2. The molecule has 7 aliphatic rings. The van der Waals surface area contributed by atoms with E-state index in [1.165, 1.54) is 83.8 Å². The van der Waals surface area contributed by atoms with Crippen LogP contribution in [0.5, 0.6) is 0 Å². The van der Waals surface area contributed by atoms with Crippen LogP contribution in [0.2, 0.25) is 0 Å². The Morgan fingerprint density at radius 2 is 1.82 bits per heavy atom. The average Bonchev–Trinajstić information content (AvgIpc) is 3.33. The second kappa shape index (κ2) is 7.08. The molecule has 2 spiro atoms. The van der Waals surface area contributed by atoms with Crippen LogP contribution in [0, 0.1) is 11.3 Å². The molecule has 34 heavy (non-hydrogen) atoms. The van der Waals surface area contributed by atoms with E-state index in [2.05, 4.69) is 53.1 Å². The van der Waals surface area contributed by atoms with Gasteiger partial charge in [0.05, 0.1) is 11.2 Å². The zero-order chi connectivity index (χ0) is 22.5. The first-order valence-corrected chi connectivity index (χ1v) is 14.3. The van der Waals surface area contributed by atoms with Crippen molar-refractivity contribution in [2.75, 3.05) is 19.6 Å². The fraction of sp³-hybridized carbons (Fsp3) is 0.677. The number of fused-ring (bicyclic) bond motifs is 2. The minimum Gasteiger partial charge on any atom is -0.359 e. The van der Waals surface area contributed by atoms with Crippen LogP contribution in [0.3, 0.4) is 0 Å². The Bertz CT molecular complexity index is 1090. The topological polar surface area (TPSA) is 15.7 Å². The molecule has 6 atom stereocenters. The molecule has 2 saturated carbocycles. The van der Waals surface area contributed by atoms with Crippen molar-refractivity contribution in [2.24, 2.45) is 11.3 Å². The van der Waals surface area contributed by atoms with Gasteiger partial charge in [-0.05, 0) is 111 Å². The van der Waals surface area contributed by atoms with Crippen LogP contribution >= 0.6 is 0 Å². The van der Waals surface area contributed by atoms with Crippen molar-refractivity contribution >= 4 is 0 Å². The highest BCUT2D eigenvalue weighted by Gasteiger charge is 2.67. The number of likely N-dealkylation sites (tertiary alicyclic amines) is 1. The maximum Gasteiger partial charge on any atom is 0.0975 e. The van der Waals surface area contributed by atoms with Crippen LogP contribution < -0.4 is 0 Å². The fourth-order valence-electron chi connectivity index (χ4n) is 9.76. The second-order valence-electron chi connectivity index (χ2n) is 12.9. The standard InChI is InChI=1S/C31H40N2O/c1-29-13-11-25-19-24-7-8-26(32-16-4-17-32)20-30(24)14-15-31(25,34-30)27(29)9-10-28(29)33-18-12-22-5-2-3-6-23(22)21-33/h2-3,5-6,11,19,26-28H,4,7-10,12-18,20-21H2,1H3/t26-,27+,28-,29-,30?,31+/m0/s1. The lowest BCUT2D eigenvalue weighted by Gasteiger charge is -2.56. The predicted molar refractivity (Wildman–Crippen MR) is 136 cm³/mol. The monoisotopic (exact) mass is 456 g/mol. The summed E-state index contributed by atoms with van der Waals surface area (Å²) in [6.45, 7) is 7.63. The summed E-state index contributed by atoms with van der Waals surface area (Å²) in [7, 11) is 0. The molecule has 0 radical (unpaired) electrons. The number of nitrogens with zero attached hydrogens (tertiary/aromatic N) is 2. The van der Waals surface area contributed by atoms with E-state index >= 15 is 0 Å². The molecule has 1 aromatic rings. The highest BCUT2D eigenvalue weighted by atomic mass is 16.5. The van der Waals surface area contributed by atoms with Gasteiger partial charge in [0.2, 0.25) is 0 Å². The molecule has 8 rings (SSSR count). The van der Waals surface area contributed by atoms with Gasteiger partial charge in [0.1, 0.15) is 0 Å². The van der Waals surface area contributed by atoms with Gasteiger partial charge < -0.3 is 9.64 Å². The number of rotatable bonds is 2. The molecule has 4 heterocycles. The number of allylic oxidation sites excluding steroid dienone is 1. The summed E-state index contributed by atoms with van der Waals surface area (Å²) >= 11 is 0. The van der Waals surface area contributed by atoms with Crippen molar-refractivity contribution < 1.29 is 4.74 Å². The normalized spacial score (nSPS) is 45.4. The smallest absolute Gasteiger partial charge is 0.0975 e. The van der Waals surface area contributed by atoms with E-state index in [0.717, 1.165) is 12.6 Å². The summed E-state index contributed by atoms with van der Waals surface area (Å²) in [5.74, 6) is 0.670. The third-order valence-corrected chi connectivity index (χ3v) is 11.6. The fourth-order valence-corrected chi connectivity index (χ4v) is 9.76. The molecule has 0 amide bonds. The maximum atomic E-state index is 7.52. The largest absolute Gasteiger partial charge is 0.359 e. The highest BCUT2D eigenvalue weighted by molar-refractivity contribution is 5.47. The van der Waals surface area contributed by atoms with Gasteiger partial charge in [-0.1, -0.05) is 43.3 Å². The Labute approximate surface area is 205 Å². The van der Waals surface area contributed by atoms with Gasteiger partial charge in [0, 0.05) is 25.2 Å². The molecule has 2 saturated heterocycles. The van der Waals surface area contributed by atoms with Gasteiger partial charge in [-0.15, -0.1) is 0 Å². The van der Waals surface area contributed by atoms with Gasteiger partial charge >= 0.3 is 0 Å². The summed E-state index contributed by atoms with van der Waals surface area (Å²) in [6, 6.07) is 10.6. The van der Waals surface area contributed by atoms with E-state index in [1.54, 1.807) is 22.3 Å². The van der Waals surface area contributed by atoms with Crippen LogP contribution in [0.15, 0.2) is 47.6 Å². The minimum absolute atomic E-state index is 0.00419. The molecule has 1 aromatic carbocycles. The number of hydrogen-bond donors (Lipinski definition) is 0. The molecule has 4 aliphatic heterocycles. The molecule has 180 valence electrons. The molecule has 1 unspecified atom stereocenters. The van der Waals surface area contributed by atoms with E-state index in [-0.39, 0.29) is 11.2 Å². The molecule has 0 aromatic heterocycles. The second-order valence-corrected chi connectivity index (χ2v) is 12.9. The van der Waals surface area contributed by atoms with Crippen LogP contribution in [0.25, 0.3) is 0 Å². The lowest BCUT2D eigenvalue weighted by molar-refractivity contribution is -0.147. The van der Waals surface area contributed by atoms with Crippen molar-refractivity contribution in [3.63, 3.8) is 0 Å². The van der Waals surface area contributed by atoms with E-state index in [4.69, 9.17) is 4.74 Å². The minimum atomic E-state index is -0.00419. The first-order chi connectivity index (χ1) is 16.6. The van der Waals surface area contributed by atoms with Gasteiger partial charge in [-0.25, -0.2) is 0 Å². The van der Waals surface area contributed by atoms with Crippen LogP contribution in [0.1, 0.15) is 75.8 Å². The maximum absolute atomic E-state index is 7.52. The van der Waals surface area contributed by atoms with Crippen molar-refractivity contribution in [3.05, 3.63) is 58.7 Å².